The zero-order chi connectivity index (χ0) is 18.8. The Morgan fingerprint density at radius 3 is 2.10 bits per heavy atom. The number of aromatic nitrogens is 3. The molecule has 0 aliphatic heterocycles. The van der Waals surface area contributed by atoms with Crippen molar-refractivity contribution in [1.82, 2.24) is 20.1 Å². The van der Waals surface area contributed by atoms with Crippen LogP contribution in [0.4, 0.5) is 0 Å². The van der Waals surface area contributed by atoms with Crippen molar-refractivity contribution < 1.29 is 37.4 Å². The van der Waals surface area contributed by atoms with Crippen LogP contribution >= 0.6 is 0 Å². The Morgan fingerprint density at radius 2 is 1.60 bits per heavy atom. The molecule has 0 spiro atoms. The fourth-order valence-corrected chi connectivity index (χ4v) is 2.11. The molecule has 0 fully saturated rings. The Labute approximate surface area is 209 Å². The van der Waals surface area contributed by atoms with Crippen molar-refractivity contribution in [3.63, 3.8) is 0 Å². The topological polar surface area (TPSA) is 52.0 Å². The molecule has 3 aromatic rings. The number of benzene rings is 1. The van der Waals surface area contributed by atoms with E-state index in [9.17, 15) is 0 Å². The fourth-order valence-electron chi connectivity index (χ4n) is 2.11. The van der Waals surface area contributed by atoms with Crippen molar-refractivity contribution in [2.24, 2.45) is 0 Å². The average Bonchev–Trinajstić information content (AvgIpc) is 3.12. The minimum Gasteiger partial charge on any atom is -0.461 e. The summed E-state index contributed by atoms with van der Waals surface area (Å²) in [6, 6.07) is 16.3. The zero-order valence-corrected chi connectivity index (χ0v) is 19.4. The molecule has 0 saturated heterocycles. The molecule has 165 valence electrons. The van der Waals surface area contributed by atoms with Crippen LogP contribution in [0.15, 0.2) is 67.1 Å². The van der Waals surface area contributed by atoms with Crippen LogP contribution in [0.1, 0.15) is 61.5 Å². The molecule has 2 heterocycles. The first-order valence-corrected chi connectivity index (χ1v) is 8.93. The standard InChI is InChI=1S/C13H17N3O.C8H11N.3CH4.Y/c1-11(2)14-10-17-13-8-9-16(15-13)12-6-4-3-5-7-12;1-7(2)8-4-3-5-9-6-8;;;;/h3-9,11,14H,10H2,1-2H3;3-7H,1-2H3;3*1H4;. The Kier molecular flexibility index (Phi) is 20.1. The van der Waals surface area contributed by atoms with E-state index in [-0.39, 0.29) is 55.0 Å². The van der Waals surface area contributed by atoms with Crippen molar-refractivity contribution in [3.8, 4) is 11.6 Å². The Morgan fingerprint density at radius 1 is 0.933 bits per heavy atom. The van der Waals surface area contributed by atoms with Gasteiger partial charge in [-0.25, -0.2) is 4.68 Å². The summed E-state index contributed by atoms with van der Waals surface area (Å²) in [6.07, 6.45) is 5.59. The summed E-state index contributed by atoms with van der Waals surface area (Å²) < 4.78 is 7.27. The van der Waals surface area contributed by atoms with Gasteiger partial charge in [-0.2, -0.15) is 0 Å². The summed E-state index contributed by atoms with van der Waals surface area (Å²) in [6.45, 7) is 8.95. The predicted octanol–water partition coefficient (Wildman–Crippen LogP) is 6.32. The minimum absolute atomic E-state index is 0. The van der Waals surface area contributed by atoms with Crippen molar-refractivity contribution in [2.45, 2.75) is 61.9 Å². The summed E-state index contributed by atoms with van der Waals surface area (Å²) in [5.74, 6) is 1.22. The molecule has 1 aromatic carbocycles. The van der Waals surface area contributed by atoms with E-state index in [0.29, 0.717) is 24.6 Å². The van der Waals surface area contributed by atoms with Crippen LogP contribution in [-0.4, -0.2) is 27.5 Å². The van der Waals surface area contributed by atoms with Gasteiger partial charge in [0.05, 0.1) is 5.69 Å². The first-order valence-electron chi connectivity index (χ1n) is 8.93. The van der Waals surface area contributed by atoms with Gasteiger partial charge in [0.15, 0.2) is 0 Å². The molecule has 0 saturated carbocycles. The fraction of sp³-hybridized carbons (Fsp3) is 0.417. The van der Waals surface area contributed by atoms with Gasteiger partial charge in [-0.05, 0) is 43.5 Å². The molecule has 6 heteroatoms. The molecule has 2 aromatic heterocycles. The maximum atomic E-state index is 5.48. The van der Waals surface area contributed by atoms with Gasteiger partial charge in [0, 0.05) is 63.4 Å². The smallest absolute Gasteiger partial charge is 0.234 e. The summed E-state index contributed by atoms with van der Waals surface area (Å²) >= 11 is 0. The Bertz CT molecular complexity index is 746. The largest absolute Gasteiger partial charge is 0.461 e. The van der Waals surface area contributed by atoms with Crippen LogP contribution in [-0.2, 0) is 32.7 Å². The van der Waals surface area contributed by atoms with E-state index in [0.717, 1.165) is 5.69 Å². The van der Waals surface area contributed by atoms with Crippen molar-refractivity contribution in [2.75, 3.05) is 6.73 Å². The minimum atomic E-state index is 0. The second kappa shape index (κ2) is 18.2. The van der Waals surface area contributed by atoms with Crippen molar-refractivity contribution in [3.05, 3.63) is 72.7 Å². The van der Waals surface area contributed by atoms with Crippen LogP contribution in [0.3, 0.4) is 0 Å². The Balaban J connectivity index is -0.000000490. The molecule has 0 aliphatic carbocycles. The second-order valence-corrected chi connectivity index (χ2v) is 6.52. The molecule has 0 unspecified atom stereocenters. The second-order valence-electron chi connectivity index (χ2n) is 6.52. The number of hydrogen-bond donors (Lipinski definition) is 1. The van der Waals surface area contributed by atoms with Gasteiger partial charge in [-0.3, -0.25) is 10.3 Å². The number of rotatable bonds is 6. The van der Waals surface area contributed by atoms with Gasteiger partial charge in [0.25, 0.3) is 0 Å². The van der Waals surface area contributed by atoms with Crippen molar-refractivity contribution >= 4 is 0 Å². The number of ether oxygens (including phenoxy) is 1. The van der Waals surface area contributed by atoms with Gasteiger partial charge in [0.2, 0.25) is 5.88 Å². The summed E-state index contributed by atoms with van der Waals surface area (Å²) in [4.78, 5) is 4.01. The van der Waals surface area contributed by atoms with E-state index in [1.807, 2.05) is 54.9 Å². The van der Waals surface area contributed by atoms with E-state index in [1.165, 1.54) is 5.56 Å². The quantitative estimate of drug-likeness (QED) is 0.412. The number of hydrogen-bond acceptors (Lipinski definition) is 4. The molecule has 0 atom stereocenters. The molecule has 5 nitrogen and oxygen atoms in total. The number of para-hydroxylation sites is 1. The summed E-state index contributed by atoms with van der Waals surface area (Å²) in [5, 5.41) is 7.50. The Hall–Kier alpha value is -1.56. The monoisotopic (exact) mass is 489 g/mol. The third kappa shape index (κ3) is 12.2. The molecule has 0 amide bonds. The van der Waals surface area contributed by atoms with Crippen LogP contribution in [0.5, 0.6) is 5.88 Å². The van der Waals surface area contributed by atoms with Crippen molar-refractivity contribution in [1.29, 1.82) is 0 Å². The van der Waals surface area contributed by atoms with E-state index in [2.05, 4.69) is 49.2 Å². The number of pyridine rings is 1. The molecular formula is C24H40N4OY. The average molecular weight is 490 g/mol. The molecule has 1 radical (unpaired) electrons. The number of nitrogens with zero attached hydrogens (tertiary/aromatic N) is 3. The van der Waals surface area contributed by atoms with E-state index >= 15 is 0 Å². The maximum Gasteiger partial charge on any atom is 0.234 e. The molecule has 30 heavy (non-hydrogen) atoms. The maximum absolute atomic E-state index is 5.48. The van der Waals surface area contributed by atoms with Crippen LogP contribution in [0.25, 0.3) is 5.69 Å². The summed E-state index contributed by atoms with van der Waals surface area (Å²) in [7, 11) is 0. The van der Waals surface area contributed by atoms with E-state index in [1.54, 1.807) is 10.9 Å². The van der Waals surface area contributed by atoms with Crippen LogP contribution in [0.2, 0.25) is 0 Å². The van der Waals surface area contributed by atoms with Crippen LogP contribution < -0.4 is 10.1 Å². The van der Waals surface area contributed by atoms with Gasteiger partial charge in [0.1, 0.15) is 6.73 Å². The normalized spacial score (nSPS) is 9.13. The summed E-state index contributed by atoms with van der Waals surface area (Å²) in [5.41, 5.74) is 2.33. The van der Waals surface area contributed by atoms with Gasteiger partial charge in [-0.15, -0.1) is 5.10 Å². The molecule has 3 rings (SSSR count). The predicted molar refractivity (Wildman–Crippen MR) is 126 cm³/mol. The van der Waals surface area contributed by atoms with Gasteiger partial charge >= 0.3 is 0 Å². The SMILES string of the molecule is C.C.C.CC(C)NCOc1ccn(-c2ccccc2)n1.CC(C)c1cccnc1.[Y]. The first-order chi connectivity index (χ1) is 12.6. The van der Waals surface area contributed by atoms with Gasteiger partial charge in [-0.1, -0.05) is 60.4 Å². The molecule has 0 bridgehead atoms. The van der Waals surface area contributed by atoms with Crippen LogP contribution in [0, 0.1) is 0 Å². The molecular weight excluding hydrogens is 449 g/mol. The number of nitrogens with one attached hydrogen (secondary N) is 1. The van der Waals surface area contributed by atoms with E-state index < -0.39 is 0 Å². The zero-order valence-electron chi connectivity index (χ0n) is 16.5. The first kappa shape index (κ1) is 33.1. The molecule has 1 N–H and O–H groups in total. The van der Waals surface area contributed by atoms with Gasteiger partial charge < -0.3 is 4.74 Å². The molecule has 0 aliphatic rings. The van der Waals surface area contributed by atoms with E-state index in [4.69, 9.17) is 4.74 Å². The third-order valence-electron chi connectivity index (χ3n) is 3.65. The third-order valence-corrected chi connectivity index (χ3v) is 3.65.